The molecule has 68 valence electrons. The summed E-state index contributed by atoms with van der Waals surface area (Å²) in [5.41, 5.74) is 0. The Bertz CT molecular complexity index is 191. The predicted molar refractivity (Wildman–Crippen MR) is 46.9 cm³/mol. The van der Waals surface area contributed by atoms with Crippen molar-refractivity contribution >= 4 is 22.8 Å². The van der Waals surface area contributed by atoms with E-state index in [0.717, 1.165) is 12.8 Å². The van der Waals surface area contributed by atoms with Crippen LogP contribution in [0.15, 0.2) is 0 Å². The van der Waals surface area contributed by atoms with E-state index in [1.54, 1.807) is 0 Å². The number of thioether (sulfide) groups is 1. The van der Waals surface area contributed by atoms with Crippen LogP contribution < -0.4 is 0 Å². The third-order valence-electron chi connectivity index (χ3n) is 1.68. The standard InChI is InChI=1S/C8H12O3S/c1-6(9)12-5-7-3-2-4-8(10)11-7/h7H,2-5H2,1H3. The van der Waals surface area contributed by atoms with Gasteiger partial charge in [-0.1, -0.05) is 11.8 Å². The van der Waals surface area contributed by atoms with Gasteiger partial charge in [0.05, 0.1) is 0 Å². The van der Waals surface area contributed by atoms with Gasteiger partial charge in [0.25, 0.3) is 0 Å². The van der Waals surface area contributed by atoms with Crippen LogP contribution >= 0.6 is 11.8 Å². The largest absolute Gasteiger partial charge is 0.461 e. The summed E-state index contributed by atoms with van der Waals surface area (Å²) < 4.78 is 5.02. The molecule has 1 aliphatic rings. The van der Waals surface area contributed by atoms with Crippen LogP contribution in [0.25, 0.3) is 0 Å². The van der Waals surface area contributed by atoms with Crippen LogP contribution in [0.5, 0.6) is 0 Å². The van der Waals surface area contributed by atoms with Gasteiger partial charge in [0, 0.05) is 19.1 Å². The number of rotatable bonds is 2. The molecule has 1 heterocycles. The fraction of sp³-hybridized carbons (Fsp3) is 0.750. The number of hydrogen-bond donors (Lipinski definition) is 0. The zero-order valence-electron chi connectivity index (χ0n) is 7.04. The maximum Gasteiger partial charge on any atom is 0.306 e. The van der Waals surface area contributed by atoms with Gasteiger partial charge >= 0.3 is 5.97 Å². The minimum Gasteiger partial charge on any atom is -0.461 e. The first-order chi connectivity index (χ1) is 5.68. The number of cyclic esters (lactones) is 1. The monoisotopic (exact) mass is 188 g/mol. The molecule has 0 spiro atoms. The molecule has 12 heavy (non-hydrogen) atoms. The van der Waals surface area contributed by atoms with Crippen LogP contribution in [-0.2, 0) is 14.3 Å². The normalized spacial score (nSPS) is 23.4. The van der Waals surface area contributed by atoms with Gasteiger partial charge < -0.3 is 4.74 Å². The minimum absolute atomic E-state index is 0.0415. The van der Waals surface area contributed by atoms with Gasteiger partial charge in [-0.15, -0.1) is 0 Å². The second-order valence-electron chi connectivity index (χ2n) is 2.81. The molecule has 1 aliphatic heterocycles. The molecule has 0 saturated carbocycles. The van der Waals surface area contributed by atoms with Gasteiger partial charge in [-0.25, -0.2) is 0 Å². The summed E-state index contributed by atoms with van der Waals surface area (Å²) in [6.45, 7) is 1.52. The number of esters is 1. The Hall–Kier alpha value is -0.510. The lowest BCUT2D eigenvalue weighted by Crippen LogP contribution is -2.25. The molecule has 0 aromatic rings. The van der Waals surface area contributed by atoms with Crippen molar-refractivity contribution in [2.24, 2.45) is 0 Å². The summed E-state index contributed by atoms with van der Waals surface area (Å²) in [5, 5.41) is 0.0802. The van der Waals surface area contributed by atoms with Crippen molar-refractivity contribution in [2.75, 3.05) is 5.75 Å². The van der Waals surface area contributed by atoms with E-state index < -0.39 is 0 Å². The third kappa shape index (κ3) is 3.26. The van der Waals surface area contributed by atoms with Crippen molar-refractivity contribution in [3.8, 4) is 0 Å². The number of carbonyl (C=O) groups excluding carboxylic acids is 2. The van der Waals surface area contributed by atoms with E-state index in [9.17, 15) is 9.59 Å². The Morgan fingerprint density at radius 3 is 3.08 bits per heavy atom. The molecule has 0 aromatic heterocycles. The van der Waals surface area contributed by atoms with Crippen LogP contribution in [0.3, 0.4) is 0 Å². The van der Waals surface area contributed by atoms with Crippen molar-refractivity contribution in [3.63, 3.8) is 0 Å². The van der Waals surface area contributed by atoms with Crippen LogP contribution in [0.1, 0.15) is 26.2 Å². The van der Waals surface area contributed by atoms with Crippen molar-refractivity contribution in [2.45, 2.75) is 32.3 Å². The summed E-state index contributed by atoms with van der Waals surface area (Å²) in [6, 6.07) is 0. The molecule has 0 aromatic carbocycles. The lowest BCUT2D eigenvalue weighted by molar-refractivity contribution is -0.152. The van der Waals surface area contributed by atoms with Crippen LogP contribution in [0, 0.1) is 0 Å². The molecule has 1 unspecified atom stereocenters. The summed E-state index contributed by atoms with van der Waals surface area (Å²) >= 11 is 1.22. The molecule has 0 N–H and O–H groups in total. The van der Waals surface area contributed by atoms with Crippen molar-refractivity contribution in [1.29, 1.82) is 0 Å². The fourth-order valence-corrected chi connectivity index (χ4v) is 1.76. The summed E-state index contributed by atoms with van der Waals surface area (Å²) in [7, 11) is 0. The van der Waals surface area contributed by atoms with Gasteiger partial charge in [0.1, 0.15) is 6.10 Å². The number of carbonyl (C=O) groups is 2. The van der Waals surface area contributed by atoms with Gasteiger partial charge in [-0.3, -0.25) is 9.59 Å². The molecular formula is C8H12O3S. The zero-order chi connectivity index (χ0) is 8.97. The van der Waals surface area contributed by atoms with E-state index in [-0.39, 0.29) is 17.2 Å². The SMILES string of the molecule is CC(=O)SCC1CCCC(=O)O1. The van der Waals surface area contributed by atoms with E-state index >= 15 is 0 Å². The van der Waals surface area contributed by atoms with E-state index in [2.05, 4.69) is 0 Å². The quantitative estimate of drug-likeness (QED) is 0.614. The van der Waals surface area contributed by atoms with E-state index in [0.29, 0.717) is 12.2 Å². The number of hydrogen-bond acceptors (Lipinski definition) is 4. The van der Waals surface area contributed by atoms with Gasteiger partial charge in [0.15, 0.2) is 5.12 Å². The highest BCUT2D eigenvalue weighted by atomic mass is 32.2. The maximum atomic E-state index is 10.8. The lowest BCUT2D eigenvalue weighted by atomic mass is 10.1. The van der Waals surface area contributed by atoms with Gasteiger partial charge in [0.2, 0.25) is 0 Å². The molecular weight excluding hydrogens is 176 g/mol. The Labute approximate surface area is 75.8 Å². The van der Waals surface area contributed by atoms with Crippen molar-refractivity contribution in [3.05, 3.63) is 0 Å². The fourth-order valence-electron chi connectivity index (χ4n) is 1.11. The summed E-state index contributed by atoms with van der Waals surface area (Å²) in [5.74, 6) is 0.483. The summed E-state index contributed by atoms with van der Waals surface area (Å²) in [6.07, 6.45) is 2.27. The predicted octanol–water partition coefficient (Wildman–Crippen LogP) is 1.36. The zero-order valence-corrected chi connectivity index (χ0v) is 7.86. The lowest BCUT2D eigenvalue weighted by Gasteiger charge is -2.21. The molecule has 0 bridgehead atoms. The molecule has 3 nitrogen and oxygen atoms in total. The van der Waals surface area contributed by atoms with Crippen LogP contribution in [0.2, 0.25) is 0 Å². The molecule has 1 rings (SSSR count). The third-order valence-corrected chi connectivity index (χ3v) is 2.62. The highest BCUT2D eigenvalue weighted by Gasteiger charge is 2.20. The topological polar surface area (TPSA) is 43.4 Å². The number of ether oxygens (including phenoxy) is 1. The first kappa shape index (κ1) is 9.58. The average molecular weight is 188 g/mol. The van der Waals surface area contributed by atoms with Gasteiger partial charge in [-0.05, 0) is 12.8 Å². The molecule has 1 atom stereocenters. The second kappa shape index (κ2) is 4.50. The molecule has 0 amide bonds. The first-order valence-electron chi connectivity index (χ1n) is 4.01. The van der Waals surface area contributed by atoms with Crippen molar-refractivity contribution in [1.82, 2.24) is 0 Å². The minimum atomic E-state index is -0.129. The summed E-state index contributed by atoms with van der Waals surface area (Å²) in [4.78, 5) is 21.4. The highest BCUT2D eigenvalue weighted by molar-refractivity contribution is 8.13. The van der Waals surface area contributed by atoms with E-state index in [1.807, 2.05) is 0 Å². The Morgan fingerprint density at radius 1 is 1.75 bits per heavy atom. The average Bonchev–Trinajstić information content (AvgIpc) is 2.01. The second-order valence-corrected chi connectivity index (χ2v) is 4.00. The molecule has 4 heteroatoms. The maximum absolute atomic E-state index is 10.8. The Balaban J connectivity index is 2.23. The highest BCUT2D eigenvalue weighted by Crippen LogP contribution is 2.18. The Kier molecular flexibility index (Phi) is 3.59. The first-order valence-corrected chi connectivity index (χ1v) is 5.00. The molecule has 0 aliphatic carbocycles. The van der Waals surface area contributed by atoms with E-state index in [4.69, 9.17) is 4.74 Å². The Morgan fingerprint density at radius 2 is 2.50 bits per heavy atom. The molecule has 1 fully saturated rings. The van der Waals surface area contributed by atoms with Gasteiger partial charge in [-0.2, -0.15) is 0 Å². The van der Waals surface area contributed by atoms with Crippen LogP contribution in [0.4, 0.5) is 0 Å². The molecule has 1 saturated heterocycles. The van der Waals surface area contributed by atoms with Crippen LogP contribution in [-0.4, -0.2) is 22.9 Å². The molecule has 0 radical (unpaired) electrons. The van der Waals surface area contributed by atoms with Crippen molar-refractivity contribution < 1.29 is 14.3 Å². The van der Waals surface area contributed by atoms with E-state index in [1.165, 1.54) is 18.7 Å². The smallest absolute Gasteiger partial charge is 0.306 e.